The van der Waals surface area contributed by atoms with Gasteiger partial charge in [-0.05, 0) is 185 Å². The Morgan fingerprint density at radius 2 is 0.965 bits per heavy atom. The van der Waals surface area contributed by atoms with Crippen molar-refractivity contribution in [3.8, 4) is 0 Å². The zero-order chi connectivity index (χ0) is 40.1. The van der Waals surface area contributed by atoms with Crippen molar-refractivity contribution in [2.75, 3.05) is 39.3 Å². The van der Waals surface area contributed by atoms with Gasteiger partial charge in [0.1, 0.15) is 4.60 Å². The predicted molar refractivity (Wildman–Crippen MR) is 241 cm³/mol. The highest BCUT2D eigenvalue weighted by molar-refractivity contribution is 9.10. The van der Waals surface area contributed by atoms with Gasteiger partial charge in [-0.3, -0.25) is 19.8 Å². The van der Waals surface area contributed by atoms with Crippen LogP contribution < -0.4 is 11.1 Å². The predicted octanol–water partition coefficient (Wildman–Crippen LogP) is 9.54. The Bertz CT molecular complexity index is 1740. The summed E-state index contributed by atoms with van der Waals surface area (Å²) in [5.41, 5.74) is 14.9. The van der Waals surface area contributed by atoms with Crippen LogP contribution >= 0.6 is 15.9 Å². The minimum absolute atomic E-state index is 0.432. The highest BCUT2D eigenvalue weighted by atomic mass is 79.9. The third-order valence-electron chi connectivity index (χ3n) is 11.1. The highest BCUT2D eigenvalue weighted by Crippen LogP contribution is 2.22. The normalized spacial score (nSPS) is 16.9. The van der Waals surface area contributed by atoms with E-state index in [1.165, 1.54) is 91.1 Å². The lowest BCUT2D eigenvalue weighted by molar-refractivity contribution is 0.176. The molecule has 3 fully saturated rings. The third-order valence-corrected chi connectivity index (χ3v) is 11.6. The molecular formula is C49H66BrN7. The number of hydrogen-bond donors (Lipinski definition) is 2. The van der Waals surface area contributed by atoms with Crippen molar-refractivity contribution in [1.29, 1.82) is 0 Å². The van der Waals surface area contributed by atoms with E-state index in [1.54, 1.807) is 0 Å². The van der Waals surface area contributed by atoms with Crippen molar-refractivity contribution in [3.05, 3.63) is 159 Å². The largest absolute Gasteiger partial charge is 0.328 e. The van der Waals surface area contributed by atoms with Gasteiger partial charge < -0.3 is 11.1 Å². The fourth-order valence-corrected chi connectivity index (χ4v) is 7.74. The molecule has 3 saturated heterocycles. The SMILES string of the molecule is Cc1ccc(Br)nc1.Cc1ccc(CC2CCN(Cc3ccccc3)CC2)nc1.Cc1ccc(CC2CCNCC2)nc1.NC1CCN(Cc2ccccc2)CC1. The van der Waals surface area contributed by atoms with Gasteiger partial charge in [-0.25, -0.2) is 4.98 Å². The van der Waals surface area contributed by atoms with Crippen LogP contribution in [0.1, 0.15) is 77.7 Å². The summed E-state index contributed by atoms with van der Waals surface area (Å²) in [5, 5.41) is 3.39. The molecule has 0 unspecified atom stereocenters. The fraction of sp³-hybridized carbons (Fsp3) is 0.449. The minimum Gasteiger partial charge on any atom is -0.328 e. The van der Waals surface area contributed by atoms with Crippen LogP contribution in [0.2, 0.25) is 0 Å². The first-order chi connectivity index (χ1) is 27.8. The molecule has 3 aromatic heterocycles. The summed E-state index contributed by atoms with van der Waals surface area (Å²) in [6.45, 7) is 15.4. The molecule has 6 heterocycles. The van der Waals surface area contributed by atoms with Gasteiger partial charge in [-0.15, -0.1) is 0 Å². The molecule has 0 aliphatic carbocycles. The zero-order valence-electron chi connectivity index (χ0n) is 34.7. The van der Waals surface area contributed by atoms with Crippen LogP contribution in [0.4, 0.5) is 0 Å². The molecular weight excluding hydrogens is 766 g/mol. The molecule has 3 aliphatic rings. The Kier molecular flexibility index (Phi) is 19.3. The summed E-state index contributed by atoms with van der Waals surface area (Å²) in [4.78, 5) is 18.1. The molecule has 8 heteroatoms. The quantitative estimate of drug-likeness (QED) is 0.151. The van der Waals surface area contributed by atoms with Crippen molar-refractivity contribution >= 4 is 15.9 Å². The summed E-state index contributed by atoms with van der Waals surface area (Å²) in [5.74, 6) is 1.64. The highest BCUT2D eigenvalue weighted by Gasteiger charge is 2.20. The Balaban J connectivity index is 0.000000152. The van der Waals surface area contributed by atoms with Crippen LogP contribution in [0.15, 0.2) is 120 Å². The van der Waals surface area contributed by atoms with Gasteiger partial charge in [-0.2, -0.15) is 0 Å². The molecule has 0 radical (unpaired) electrons. The lowest BCUT2D eigenvalue weighted by atomic mass is 9.91. The summed E-state index contributed by atoms with van der Waals surface area (Å²) < 4.78 is 0.892. The maximum absolute atomic E-state index is 5.86. The Morgan fingerprint density at radius 3 is 1.37 bits per heavy atom. The van der Waals surface area contributed by atoms with Gasteiger partial charge in [-0.1, -0.05) is 78.9 Å². The molecule has 3 N–H and O–H groups in total. The molecule has 2 aromatic carbocycles. The Morgan fingerprint density at radius 1 is 0.544 bits per heavy atom. The Hall–Kier alpha value is -3.79. The average Bonchev–Trinajstić information content (AvgIpc) is 3.24. The molecule has 0 spiro atoms. The first-order valence-electron chi connectivity index (χ1n) is 21.2. The van der Waals surface area contributed by atoms with Crippen molar-refractivity contribution in [2.45, 2.75) is 91.3 Å². The number of halogens is 1. The summed E-state index contributed by atoms with van der Waals surface area (Å²) in [6.07, 6.45) is 15.6. The van der Waals surface area contributed by atoms with Crippen LogP contribution in [0.5, 0.6) is 0 Å². The van der Waals surface area contributed by atoms with Gasteiger partial charge in [0.05, 0.1) is 0 Å². The van der Waals surface area contributed by atoms with Gasteiger partial charge >= 0.3 is 0 Å². The van der Waals surface area contributed by atoms with Crippen LogP contribution in [0.3, 0.4) is 0 Å². The van der Waals surface area contributed by atoms with Crippen molar-refractivity contribution in [1.82, 2.24) is 30.1 Å². The molecule has 0 amide bonds. The lowest BCUT2D eigenvalue weighted by Crippen LogP contribution is -2.39. The second-order valence-electron chi connectivity index (χ2n) is 16.2. The zero-order valence-corrected chi connectivity index (χ0v) is 36.3. The number of nitrogens with zero attached hydrogens (tertiary/aromatic N) is 5. The monoisotopic (exact) mass is 831 g/mol. The standard InChI is InChI=1S/C19H24N2.2C12H18N2.C6H6BrN/c1-16-7-8-19(20-14-16)13-17-9-11-21(12-10-17)15-18-5-3-2-4-6-18;1-10-2-3-12(14-9-10)8-11-4-6-13-7-5-11;13-12-6-8-14(9-7-12)10-11-4-2-1-3-5-11;1-5-2-3-6(7)8-4-5/h2-8,14,17H,9-13,15H2,1H3;2-3,9,11,13H,4-8H2,1H3;1-5,12H,6-10,13H2;2-4H,1H3. The van der Waals surface area contributed by atoms with E-state index in [-0.39, 0.29) is 0 Å². The third kappa shape index (κ3) is 17.7. The van der Waals surface area contributed by atoms with Crippen molar-refractivity contribution < 1.29 is 0 Å². The number of likely N-dealkylation sites (tertiary alicyclic amines) is 2. The topological polar surface area (TPSA) is 83.2 Å². The van der Waals surface area contributed by atoms with E-state index in [2.05, 4.69) is 145 Å². The van der Waals surface area contributed by atoms with E-state index in [4.69, 9.17) is 5.73 Å². The fourth-order valence-electron chi connectivity index (χ4n) is 7.51. The molecule has 7 nitrogen and oxygen atoms in total. The minimum atomic E-state index is 0.432. The number of rotatable bonds is 8. The number of nitrogens with two attached hydrogens (primary N) is 1. The lowest BCUT2D eigenvalue weighted by Gasteiger charge is -2.31. The molecule has 0 atom stereocenters. The maximum Gasteiger partial charge on any atom is 0.106 e. The van der Waals surface area contributed by atoms with Crippen molar-refractivity contribution in [2.24, 2.45) is 17.6 Å². The van der Waals surface area contributed by atoms with Gasteiger partial charge in [0, 0.05) is 49.1 Å². The summed E-state index contributed by atoms with van der Waals surface area (Å²) >= 11 is 3.23. The van der Waals surface area contributed by atoms with E-state index >= 15 is 0 Å². The summed E-state index contributed by atoms with van der Waals surface area (Å²) in [7, 11) is 0. The van der Waals surface area contributed by atoms with E-state index in [0.29, 0.717) is 6.04 Å². The number of hydrogen-bond acceptors (Lipinski definition) is 7. The molecule has 0 saturated carbocycles. The number of pyridine rings is 3. The Labute approximate surface area is 352 Å². The van der Waals surface area contributed by atoms with Gasteiger partial charge in [0.15, 0.2) is 0 Å². The van der Waals surface area contributed by atoms with Crippen LogP contribution in [-0.4, -0.2) is 70.1 Å². The van der Waals surface area contributed by atoms with E-state index in [1.807, 2.05) is 37.6 Å². The maximum atomic E-state index is 5.86. The molecule has 0 bridgehead atoms. The number of piperidine rings is 3. The molecule has 304 valence electrons. The van der Waals surface area contributed by atoms with E-state index < -0.39 is 0 Å². The number of nitrogens with one attached hydrogen (secondary N) is 1. The molecule has 3 aliphatic heterocycles. The smallest absolute Gasteiger partial charge is 0.106 e. The second-order valence-corrected chi connectivity index (χ2v) is 17.0. The number of aryl methyl sites for hydroxylation is 3. The first-order valence-corrected chi connectivity index (χ1v) is 22.0. The number of benzene rings is 2. The van der Waals surface area contributed by atoms with E-state index in [9.17, 15) is 0 Å². The molecule has 8 rings (SSSR count). The molecule has 57 heavy (non-hydrogen) atoms. The van der Waals surface area contributed by atoms with Gasteiger partial charge in [0.2, 0.25) is 0 Å². The van der Waals surface area contributed by atoms with Crippen LogP contribution in [-0.2, 0) is 25.9 Å². The van der Waals surface area contributed by atoms with Crippen molar-refractivity contribution in [3.63, 3.8) is 0 Å². The second kappa shape index (κ2) is 24.9. The average molecular weight is 833 g/mol. The number of aromatic nitrogens is 3. The summed E-state index contributed by atoms with van der Waals surface area (Å²) in [6, 6.07) is 34.5. The van der Waals surface area contributed by atoms with Gasteiger partial charge in [0.25, 0.3) is 0 Å². The van der Waals surface area contributed by atoms with E-state index in [0.717, 1.165) is 68.3 Å². The van der Waals surface area contributed by atoms with Crippen LogP contribution in [0.25, 0.3) is 0 Å². The molecule has 5 aromatic rings. The van der Waals surface area contributed by atoms with Crippen LogP contribution in [0, 0.1) is 32.6 Å². The first kappa shape index (κ1) is 44.3.